The van der Waals surface area contributed by atoms with Crippen LogP contribution in [0.15, 0.2) is 24.3 Å². The quantitative estimate of drug-likeness (QED) is 0.564. The molecule has 0 atom stereocenters. The number of allylic oxidation sites excluding steroid dienone is 2. The summed E-state index contributed by atoms with van der Waals surface area (Å²) in [6.45, 7) is 0. The van der Waals surface area contributed by atoms with E-state index in [-0.39, 0.29) is 5.69 Å². The number of nitrogens with zero attached hydrogens (tertiary/aromatic N) is 1. The van der Waals surface area contributed by atoms with E-state index in [1.807, 2.05) is 6.08 Å². The Labute approximate surface area is 92.7 Å². The Bertz CT molecular complexity index is 454. The molecule has 1 aromatic rings. The number of nitro benzene ring substituents is 1. The topological polar surface area (TPSA) is 43.1 Å². The summed E-state index contributed by atoms with van der Waals surface area (Å²) in [5.74, 6) is -0.498. The van der Waals surface area contributed by atoms with Gasteiger partial charge in [0.25, 0.3) is 5.69 Å². The van der Waals surface area contributed by atoms with E-state index in [4.69, 9.17) is 0 Å². The minimum Gasteiger partial charge on any atom is -0.258 e. The van der Waals surface area contributed by atoms with Gasteiger partial charge in [-0.25, -0.2) is 4.39 Å². The molecule has 1 aromatic carbocycles. The van der Waals surface area contributed by atoms with Crippen LogP contribution in [0.3, 0.4) is 0 Å². The molecule has 0 N–H and O–H groups in total. The third kappa shape index (κ3) is 2.10. The van der Waals surface area contributed by atoms with Gasteiger partial charge >= 0.3 is 0 Å². The summed E-state index contributed by atoms with van der Waals surface area (Å²) < 4.78 is 13.6. The fourth-order valence-corrected chi connectivity index (χ4v) is 1.96. The Morgan fingerprint density at radius 1 is 1.31 bits per heavy atom. The van der Waals surface area contributed by atoms with Crippen molar-refractivity contribution in [3.8, 4) is 0 Å². The first-order valence-corrected chi connectivity index (χ1v) is 5.32. The summed E-state index contributed by atoms with van der Waals surface area (Å²) in [5, 5.41) is 10.5. The summed E-state index contributed by atoms with van der Waals surface area (Å²) in [5.41, 5.74) is 1.28. The summed E-state index contributed by atoms with van der Waals surface area (Å²) in [4.78, 5) is 9.88. The van der Waals surface area contributed by atoms with Crippen LogP contribution in [-0.2, 0) is 0 Å². The Balaban J connectivity index is 2.35. The molecule has 0 fully saturated rings. The highest BCUT2D eigenvalue weighted by molar-refractivity contribution is 5.67. The average Bonchev–Trinajstić information content (AvgIpc) is 2.30. The maximum Gasteiger partial charge on any atom is 0.272 e. The van der Waals surface area contributed by atoms with E-state index in [0.717, 1.165) is 37.3 Å². The predicted octanol–water partition coefficient (Wildman–Crippen LogP) is 3.69. The number of benzene rings is 1. The van der Waals surface area contributed by atoms with Crippen LogP contribution in [0, 0.1) is 15.9 Å². The minimum atomic E-state index is -0.581. The normalized spacial score (nSPS) is 15.7. The highest BCUT2D eigenvalue weighted by Crippen LogP contribution is 2.29. The second-order valence-corrected chi connectivity index (χ2v) is 3.90. The van der Waals surface area contributed by atoms with Gasteiger partial charge in [0.15, 0.2) is 0 Å². The lowest BCUT2D eigenvalue weighted by atomic mass is 9.93. The van der Waals surface area contributed by atoms with Gasteiger partial charge in [-0.15, -0.1) is 0 Å². The van der Waals surface area contributed by atoms with Crippen LogP contribution in [0.5, 0.6) is 0 Å². The average molecular weight is 221 g/mol. The Kier molecular flexibility index (Phi) is 2.99. The fourth-order valence-electron chi connectivity index (χ4n) is 1.96. The maximum atomic E-state index is 13.6. The Morgan fingerprint density at radius 2 is 2.12 bits per heavy atom. The van der Waals surface area contributed by atoms with Gasteiger partial charge in [0.05, 0.1) is 11.0 Å². The van der Waals surface area contributed by atoms with Crippen molar-refractivity contribution in [2.75, 3.05) is 0 Å². The van der Waals surface area contributed by atoms with E-state index >= 15 is 0 Å². The lowest BCUT2D eigenvalue weighted by molar-refractivity contribution is -0.385. The van der Waals surface area contributed by atoms with Gasteiger partial charge in [0, 0.05) is 11.6 Å². The third-order valence-corrected chi connectivity index (χ3v) is 2.80. The van der Waals surface area contributed by atoms with Gasteiger partial charge in [-0.1, -0.05) is 6.08 Å². The van der Waals surface area contributed by atoms with Gasteiger partial charge in [0.1, 0.15) is 5.82 Å². The molecule has 0 heterocycles. The molecule has 16 heavy (non-hydrogen) atoms. The molecule has 0 unspecified atom stereocenters. The number of hydrogen-bond donors (Lipinski definition) is 0. The van der Waals surface area contributed by atoms with Crippen LogP contribution in [-0.4, -0.2) is 4.92 Å². The van der Waals surface area contributed by atoms with Gasteiger partial charge in [-0.05, 0) is 37.3 Å². The Hall–Kier alpha value is -1.71. The van der Waals surface area contributed by atoms with E-state index in [2.05, 4.69) is 0 Å². The first-order valence-electron chi connectivity index (χ1n) is 5.32. The van der Waals surface area contributed by atoms with Gasteiger partial charge in [-0.3, -0.25) is 10.1 Å². The van der Waals surface area contributed by atoms with Crippen LogP contribution >= 0.6 is 0 Å². The molecule has 1 aliphatic carbocycles. The van der Waals surface area contributed by atoms with Crippen molar-refractivity contribution in [2.24, 2.45) is 0 Å². The summed E-state index contributed by atoms with van der Waals surface area (Å²) >= 11 is 0. The molecule has 2 rings (SSSR count). The van der Waals surface area contributed by atoms with Crippen LogP contribution in [0.25, 0.3) is 5.57 Å². The lowest BCUT2D eigenvalue weighted by Crippen LogP contribution is -1.96. The monoisotopic (exact) mass is 221 g/mol. The zero-order chi connectivity index (χ0) is 11.5. The van der Waals surface area contributed by atoms with Crippen molar-refractivity contribution >= 4 is 11.3 Å². The molecule has 0 saturated heterocycles. The fraction of sp³-hybridized carbons (Fsp3) is 0.333. The van der Waals surface area contributed by atoms with Crippen LogP contribution < -0.4 is 0 Å². The van der Waals surface area contributed by atoms with E-state index in [9.17, 15) is 14.5 Å². The predicted molar refractivity (Wildman–Crippen MR) is 59.5 cm³/mol. The first-order chi connectivity index (χ1) is 7.68. The summed E-state index contributed by atoms with van der Waals surface area (Å²) in [6.07, 6.45) is 6.04. The van der Waals surface area contributed by atoms with Crippen molar-refractivity contribution in [3.05, 3.63) is 45.8 Å². The van der Waals surface area contributed by atoms with Gasteiger partial charge < -0.3 is 0 Å². The zero-order valence-corrected chi connectivity index (χ0v) is 8.78. The summed E-state index contributed by atoms with van der Waals surface area (Å²) in [7, 11) is 0. The molecule has 0 amide bonds. The van der Waals surface area contributed by atoms with E-state index in [1.165, 1.54) is 12.1 Å². The number of nitro groups is 1. The SMILES string of the molecule is O=[N+]([O-])c1ccc(C2=CCCCC2)c(F)c1. The molecule has 1 aliphatic rings. The van der Waals surface area contributed by atoms with Gasteiger partial charge in [-0.2, -0.15) is 0 Å². The molecule has 0 radical (unpaired) electrons. The molecule has 0 spiro atoms. The van der Waals surface area contributed by atoms with Crippen LogP contribution in [0.4, 0.5) is 10.1 Å². The third-order valence-electron chi connectivity index (χ3n) is 2.80. The van der Waals surface area contributed by atoms with E-state index in [1.54, 1.807) is 0 Å². The Morgan fingerprint density at radius 3 is 2.69 bits per heavy atom. The maximum absolute atomic E-state index is 13.6. The number of non-ortho nitro benzene ring substituents is 1. The van der Waals surface area contributed by atoms with Crippen molar-refractivity contribution in [1.82, 2.24) is 0 Å². The zero-order valence-electron chi connectivity index (χ0n) is 8.78. The first kappa shape index (κ1) is 10.8. The minimum absolute atomic E-state index is 0.197. The smallest absolute Gasteiger partial charge is 0.258 e. The van der Waals surface area contributed by atoms with Crippen LogP contribution in [0.1, 0.15) is 31.2 Å². The van der Waals surface area contributed by atoms with Crippen molar-refractivity contribution < 1.29 is 9.31 Å². The standard InChI is InChI=1S/C12H12FNO2/c13-12-8-10(14(15)16)6-7-11(12)9-4-2-1-3-5-9/h4,6-8H,1-3,5H2. The molecule has 84 valence electrons. The highest BCUT2D eigenvalue weighted by Gasteiger charge is 2.14. The molecular formula is C12H12FNO2. The molecular weight excluding hydrogens is 209 g/mol. The second-order valence-electron chi connectivity index (χ2n) is 3.90. The summed E-state index contributed by atoms with van der Waals surface area (Å²) in [6, 6.07) is 3.85. The number of hydrogen-bond acceptors (Lipinski definition) is 2. The van der Waals surface area contributed by atoms with Crippen molar-refractivity contribution in [3.63, 3.8) is 0 Å². The number of halogens is 1. The molecule has 0 aromatic heterocycles. The van der Waals surface area contributed by atoms with E-state index in [0.29, 0.717) is 5.56 Å². The molecule has 4 heteroatoms. The highest BCUT2D eigenvalue weighted by atomic mass is 19.1. The second kappa shape index (κ2) is 4.43. The molecule has 3 nitrogen and oxygen atoms in total. The van der Waals surface area contributed by atoms with Crippen molar-refractivity contribution in [1.29, 1.82) is 0 Å². The van der Waals surface area contributed by atoms with Crippen LogP contribution in [0.2, 0.25) is 0 Å². The van der Waals surface area contributed by atoms with Gasteiger partial charge in [0.2, 0.25) is 0 Å². The lowest BCUT2D eigenvalue weighted by Gasteiger charge is -2.13. The molecule has 0 saturated carbocycles. The van der Waals surface area contributed by atoms with E-state index < -0.39 is 10.7 Å². The van der Waals surface area contributed by atoms with Crippen molar-refractivity contribution in [2.45, 2.75) is 25.7 Å². The molecule has 0 aliphatic heterocycles. The number of rotatable bonds is 2. The molecule has 0 bridgehead atoms. The largest absolute Gasteiger partial charge is 0.272 e.